The maximum Gasteiger partial charge on any atom is 0.260 e. The summed E-state index contributed by atoms with van der Waals surface area (Å²) < 4.78 is 10.8. The summed E-state index contributed by atoms with van der Waals surface area (Å²) in [5.41, 5.74) is 0.884. The third-order valence-electron chi connectivity index (χ3n) is 4.33. The van der Waals surface area contributed by atoms with Gasteiger partial charge in [0.25, 0.3) is 5.91 Å². The largest absolute Gasteiger partial charge is 0.484 e. The van der Waals surface area contributed by atoms with E-state index in [1.165, 1.54) is 0 Å². The molecule has 2 aromatic rings. The molecule has 2 aliphatic carbocycles. The van der Waals surface area contributed by atoms with Crippen LogP contribution in [0.1, 0.15) is 37.5 Å². The zero-order valence-corrected chi connectivity index (χ0v) is 13.1. The lowest BCUT2D eigenvalue weighted by Crippen LogP contribution is -2.33. The molecule has 6 nitrogen and oxygen atoms in total. The maximum absolute atomic E-state index is 11.9. The summed E-state index contributed by atoms with van der Waals surface area (Å²) in [6.07, 6.45) is 4.48. The summed E-state index contributed by atoms with van der Waals surface area (Å²) in [5.74, 6) is 2.46. The second kappa shape index (κ2) is 5.68. The van der Waals surface area contributed by atoms with Gasteiger partial charge in [-0.25, -0.2) is 0 Å². The highest BCUT2D eigenvalue weighted by molar-refractivity contribution is 5.78. The standard InChI is InChI=1S/C17H19N3O3/c1-20(13-6-7-13)15(21)10-22-14-8-4-11(5-9-14)16-18-17(23-19-16)12-2-3-12/h4-5,8-9,12-13H,2-3,6-7,10H2,1H3. The number of nitrogens with zero attached hydrogens (tertiary/aromatic N) is 3. The Morgan fingerprint density at radius 3 is 2.65 bits per heavy atom. The van der Waals surface area contributed by atoms with Crippen LogP contribution >= 0.6 is 0 Å². The number of aromatic nitrogens is 2. The normalized spacial score (nSPS) is 17.1. The molecule has 0 radical (unpaired) electrons. The van der Waals surface area contributed by atoms with Gasteiger partial charge in [-0.15, -0.1) is 0 Å². The van der Waals surface area contributed by atoms with E-state index >= 15 is 0 Å². The summed E-state index contributed by atoms with van der Waals surface area (Å²) in [6, 6.07) is 7.82. The molecule has 2 saturated carbocycles. The van der Waals surface area contributed by atoms with E-state index in [0.29, 0.717) is 23.5 Å². The Bertz CT molecular complexity index is 702. The third kappa shape index (κ3) is 3.21. The van der Waals surface area contributed by atoms with E-state index in [9.17, 15) is 4.79 Å². The van der Waals surface area contributed by atoms with Gasteiger partial charge >= 0.3 is 0 Å². The Balaban J connectivity index is 1.36. The molecule has 0 unspecified atom stereocenters. The van der Waals surface area contributed by atoms with Gasteiger partial charge in [0, 0.05) is 24.6 Å². The van der Waals surface area contributed by atoms with Gasteiger partial charge in [0.15, 0.2) is 6.61 Å². The Labute approximate surface area is 134 Å². The number of rotatable bonds is 6. The number of benzene rings is 1. The van der Waals surface area contributed by atoms with Gasteiger partial charge < -0.3 is 14.2 Å². The van der Waals surface area contributed by atoms with Gasteiger partial charge in [-0.2, -0.15) is 4.98 Å². The number of carbonyl (C=O) groups excluding carboxylic acids is 1. The first-order chi connectivity index (χ1) is 11.2. The monoisotopic (exact) mass is 313 g/mol. The molecule has 1 heterocycles. The van der Waals surface area contributed by atoms with Gasteiger partial charge in [0.1, 0.15) is 5.75 Å². The zero-order chi connectivity index (χ0) is 15.8. The van der Waals surface area contributed by atoms with Crippen molar-refractivity contribution in [3.63, 3.8) is 0 Å². The molecule has 23 heavy (non-hydrogen) atoms. The minimum absolute atomic E-state index is 0.0174. The molecule has 1 amide bonds. The van der Waals surface area contributed by atoms with Crippen molar-refractivity contribution >= 4 is 5.91 Å². The number of hydrogen-bond donors (Lipinski definition) is 0. The van der Waals surface area contributed by atoms with Gasteiger partial charge in [-0.1, -0.05) is 5.16 Å². The van der Waals surface area contributed by atoms with Crippen molar-refractivity contribution < 1.29 is 14.1 Å². The minimum Gasteiger partial charge on any atom is -0.484 e. The summed E-state index contributed by atoms with van der Waals surface area (Å²) in [6.45, 7) is 0.0698. The predicted octanol–water partition coefficient (Wildman–Crippen LogP) is 2.61. The summed E-state index contributed by atoms with van der Waals surface area (Å²) in [7, 11) is 1.83. The lowest BCUT2D eigenvalue weighted by molar-refractivity contribution is -0.132. The molecule has 0 bridgehead atoms. The van der Waals surface area contributed by atoms with Crippen LogP contribution in [0.5, 0.6) is 5.75 Å². The van der Waals surface area contributed by atoms with E-state index in [2.05, 4.69) is 10.1 Å². The van der Waals surface area contributed by atoms with Crippen molar-refractivity contribution in [1.29, 1.82) is 0 Å². The average molecular weight is 313 g/mol. The van der Waals surface area contributed by atoms with E-state index in [4.69, 9.17) is 9.26 Å². The van der Waals surface area contributed by atoms with Crippen LogP contribution in [0.3, 0.4) is 0 Å². The second-order valence-corrected chi connectivity index (χ2v) is 6.28. The number of amides is 1. The fraction of sp³-hybridized carbons (Fsp3) is 0.471. The zero-order valence-electron chi connectivity index (χ0n) is 13.1. The van der Waals surface area contributed by atoms with E-state index in [-0.39, 0.29) is 12.5 Å². The molecule has 1 aromatic carbocycles. The number of likely N-dealkylation sites (N-methyl/N-ethyl adjacent to an activating group) is 1. The summed E-state index contributed by atoms with van der Waals surface area (Å²) >= 11 is 0. The average Bonchev–Trinajstić information content (AvgIpc) is 3.51. The molecule has 6 heteroatoms. The van der Waals surface area contributed by atoms with Crippen LogP contribution in [-0.2, 0) is 4.79 Å². The highest BCUT2D eigenvalue weighted by atomic mass is 16.5. The van der Waals surface area contributed by atoms with E-state index in [1.54, 1.807) is 4.90 Å². The SMILES string of the molecule is CN(C(=O)COc1ccc(-c2noc(C3CC3)n2)cc1)C1CC1. The fourth-order valence-corrected chi connectivity index (χ4v) is 2.46. The van der Waals surface area contributed by atoms with Crippen LogP contribution in [0.4, 0.5) is 0 Å². The Morgan fingerprint density at radius 2 is 2.00 bits per heavy atom. The highest BCUT2D eigenvalue weighted by Gasteiger charge is 2.30. The van der Waals surface area contributed by atoms with Crippen LogP contribution in [0.15, 0.2) is 28.8 Å². The lowest BCUT2D eigenvalue weighted by atomic mass is 10.2. The van der Waals surface area contributed by atoms with Gasteiger partial charge in [-0.3, -0.25) is 4.79 Å². The quantitative estimate of drug-likeness (QED) is 0.820. The van der Waals surface area contributed by atoms with Crippen LogP contribution < -0.4 is 4.74 Å². The molecule has 2 aliphatic rings. The van der Waals surface area contributed by atoms with E-state index in [1.807, 2.05) is 31.3 Å². The van der Waals surface area contributed by atoms with Gasteiger partial charge in [0.2, 0.25) is 11.7 Å². The second-order valence-electron chi connectivity index (χ2n) is 6.28. The molecule has 2 fully saturated rings. The molecule has 0 spiro atoms. The first-order valence-electron chi connectivity index (χ1n) is 8.03. The Kier molecular flexibility index (Phi) is 3.52. The highest BCUT2D eigenvalue weighted by Crippen LogP contribution is 2.39. The molecule has 1 aromatic heterocycles. The van der Waals surface area contributed by atoms with E-state index < -0.39 is 0 Å². The van der Waals surface area contributed by atoms with Crippen molar-refractivity contribution in [2.24, 2.45) is 0 Å². The van der Waals surface area contributed by atoms with E-state index in [0.717, 1.165) is 37.1 Å². The molecule has 4 rings (SSSR count). The minimum atomic E-state index is 0.0174. The van der Waals surface area contributed by atoms with Crippen molar-refractivity contribution in [1.82, 2.24) is 15.0 Å². The Hall–Kier alpha value is -2.37. The first kappa shape index (κ1) is 14.2. The lowest BCUT2D eigenvalue weighted by Gasteiger charge is -2.16. The van der Waals surface area contributed by atoms with Crippen molar-refractivity contribution in [3.8, 4) is 17.1 Å². The predicted molar refractivity (Wildman–Crippen MR) is 83.0 cm³/mol. The Morgan fingerprint density at radius 1 is 1.26 bits per heavy atom. The molecule has 0 atom stereocenters. The first-order valence-corrected chi connectivity index (χ1v) is 8.03. The summed E-state index contributed by atoms with van der Waals surface area (Å²) in [4.78, 5) is 18.1. The van der Waals surface area contributed by atoms with Gasteiger partial charge in [0.05, 0.1) is 0 Å². The van der Waals surface area contributed by atoms with Crippen LogP contribution in [0.25, 0.3) is 11.4 Å². The summed E-state index contributed by atoms with van der Waals surface area (Å²) in [5, 5.41) is 4.01. The van der Waals surface area contributed by atoms with Crippen LogP contribution in [0, 0.1) is 0 Å². The molecule has 0 saturated heterocycles. The molecular formula is C17H19N3O3. The van der Waals surface area contributed by atoms with Crippen molar-refractivity contribution in [2.45, 2.75) is 37.6 Å². The maximum atomic E-state index is 11.9. The van der Waals surface area contributed by atoms with Crippen LogP contribution in [0.2, 0.25) is 0 Å². The van der Waals surface area contributed by atoms with Crippen LogP contribution in [-0.4, -0.2) is 40.6 Å². The molecular weight excluding hydrogens is 294 g/mol. The van der Waals surface area contributed by atoms with Crippen molar-refractivity contribution in [2.75, 3.05) is 13.7 Å². The fourth-order valence-electron chi connectivity index (χ4n) is 2.46. The third-order valence-corrected chi connectivity index (χ3v) is 4.33. The number of hydrogen-bond acceptors (Lipinski definition) is 5. The number of carbonyl (C=O) groups is 1. The molecule has 0 aliphatic heterocycles. The topological polar surface area (TPSA) is 68.5 Å². The van der Waals surface area contributed by atoms with Gasteiger partial charge in [-0.05, 0) is 49.9 Å². The smallest absolute Gasteiger partial charge is 0.260 e. The number of ether oxygens (including phenoxy) is 1. The molecule has 0 N–H and O–H groups in total. The van der Waals surface area contributed by atoms with Crippen molar-refractivity contribution in [3.05, 3.63) is 30.2 Å². The molecule has 120 valence electrons.